The van der Waals surface area contributed by atoms with Gasteiger partial charge < -0.3 is 10.3 Å². The Labute approximate surface area is 142 Å². The molecule has 1 aliphatic rings. The quantitative estimate of drug-likeness (QED) is 0.842. The van der Waals surface area contributed by atoms with E-state index in [0.29, 0.717) is 17.5 Å². The topological polar surface area (TPSA) is 64.9 Å². The van der Waals surface area contributed by atoms with Crippen molar-refractivity contribution in [2.75, 3.05) is 0 Å². The molecule has 3 rings (SSSR count). The molecule has 0 spiro atoms. The minimum Gasteiger partial charge on any atom is -0.338 e. The lowest BCUT2D eigenvalue weighted by molar-refractivity contribution is 0.355. The van der Waals surface area contributed by atoms with Gasteiger partial charge in [0.2, 0.25) is 5.89 Å². The zero-order valence-corrected chi connectivity index (χ0v) is 14.9. The van der Waals surface area contributed by atoms with Gasteiger partial charge in [-0.2, -0.15) is 4.98 Å². The Morgan fingerprint density at radius 2 is 1.83 bits per heavy atom. The largest absolute Gasteiger partial charge is 0.338 e. The van der Waals surface area contributed by atoms with Crippen molar-refractivity contribution >= 4 is 11.8 Å². The van der Waals surface area contributed by atoms with Crippen LogP contribution in [0.2, 0.25) is 0 Å². The maximum Gasteiger partial charge on any atom is 0.237 e. The van der Waals surface area contributed by atoms with Crippen molar-refractivity contribution < 1.29 is 4.52 Å². The summed E-state index contributed by atoms with van der Waals surface area (Å²) in [6, 6.07) is 8.69. The average Bonchev–Trinajstić information content (AvgIpc) is 3.14. The molecular formula is C18H25N3OS. The Morgan fingerprint density at radius 1 is 1.17 bits per heavy atom. The molecule has 0 radical (unpaired) electrons. The van der Waals surface area contributed by atoms with Crippen LogP contribution in [-0.4, -0.2) is 10.1 Å². The van der Waals surface area contributed by atoms with Gasteiger partial charge >= 0.3 is 0 Å². The molecule has 0 saturated heterocycles. The van der Waals surface area contributed by atoms with Crippen LogP contribution in [0.4, 0.5) is 0 Å². The van der Waals surface area contributed by atoms with Crippen molar-refractivity contribution in [1.29, 1.82) is 0 Å². The van der Waals surface area contributed by atoms with Crippen molar-refractivity contribution in [2.24, 2.45) is 5.73 Å². The SMILES string of the molecule is CC(C)(C)c1ccc(SCc2nc(C3(N)CCCC3)no2)cc1. The maximum absolute atomic E-state index is 6.37. The van der Waals surface area contributed by atoms with Crippen molar-refractivity contribution in [1.82, 2.24) is 10.1 Å². The molecule has 1 aromatic carbocycles. The number of nitrogens with zero attached hydrogens (tertiary/aromatic N) is 2. The van der Waals surface area contributed by atoms with Gasteiger partial charge in [0, 0.05) is 4.90 Å². The molecule has 1 aromatic heterocycles. The molecule has 1 aliphatic carbocycles. The van der Waals surface area contributed by atoms with E-state index in [0.717, 1.165) is 25.7 Å². The summed E-state index contributed by atoms with van der Waals surface area (Å²) in [5, 5.41) is 4.10. The van der Waals surface area contributed by atoms with E-state index < -0.39 is 0 Å². The molecule has 124 valence electrons. The summed E-state index contributed by atoms with van der Waals surface area (Å²) in [6.45, 7) is 6.67. The lowest BCUT2D eigenvalue weighted by Gasteiger charge is -2.18. The van der Waals surface area contributed by atoms with Gasteiger partial charge in [-0.05, 0) is 36.0 Å². The summed E-state index contributed by atoms with van der Waals surface area (Å²) in [5.74, 6) is 2.01. The first kappa shape index (κ1) is 16.5. The fourth-order valence-electron chi connectivity index (χ4n) is 2.94. The van der Waals surface area contributed by atoms with Crippen LogP contribution in [0.1, 0.15) is 63.7 Å². The second kappa shape index (κ2) is 6.29. The predicted octanol–water partition coefficient (Wildman–Crippen LogP) is 4.39. The zero-order valence-electron chi connectivity index (χ0n) is 14.1. The number of benzene rings is 1. The molecule has 1 saturated carbocycles. The summed E-state index contributed by atoms with van der Waals surface area (Å²) in [7, 11) is 0. The van der Waals surface area contributed by atoms with E-state index in [-0.39, 0.29) is 11.0 Å². The second-order valence-electron chi connectivity index (χ2n) is 7.44. The van der Waals surface area contributed by atoms with Gasteiger partial charge in [0.1, 0.15) is 0 Å². The Kier molecular flexibility index (Phi) is 4.52. The van der Waals surface area contributed by atoms with Crippen LogP contribution in [0.25, 0.3) is 0 Å². The van der Waals surface area contributed by atoms with Gasteiger partial charge in [0.05, 0.1) is 11.3 Å². The van der Waals surface area contributed by atoms with E-state index >= 15 is 0 Å². The highest BCUT2D eigenvalue weighted by atomic mass is 32.2. The Morgan fingerprint density at radius 3 is 2.43 bits per heavy atom. The Bertz CT molecular complexity index is 652. The smallest absolute Gasteiger partial charge is 0.237 e. The molecule has 4 nitrogen and oxygen atoms in total. The molecular weight excluding hydrogens is 306 g/mol. The van der Waals surface area contributed by atoms with E-state index in [2.05, 4.69) is 55.2 Å². The molecule has 1 heterocycles. The van der Waals surface area contributed by atoms with Gasteiger partial charge in [-0.25, -0.2) is 0 Å². The van der Waals surface area contributed by atoms with Gasteiger partial charge in [0.15, 0.2) is 5.82 Å². The lowest BCUT2D eigenvalue weighted by Crippen LogP contribution is -2.34. The van der Waals surface area contributed by atoms with Crippen LogP contribution in [0.3, 0.4) is 0 Å². The number of hydrogen-bond donors (Lipinski definition) is 1. The third-order valence-electron chi connectivity index (χ3n) is 4.49. The van der Waals surface area contributed by atoms with Crippen molar-refractivity contribution in [3.8, 4) is 0 Å². The standard InChI is InChI=1S/C18H25N3OS/c1-17(2,3)13-6-8-14(9-7-13)23-12-15-20-16(21-22-15)18(19)10-4-5-11-18/h6-9H,4-5,10-12,19H2,1-3H3. The Balaban J connectivity index is 1.61. The van der Waals surface area contributed by atoms with Crippen molar-refractivity contribution in [3.63, 3.8) is 0 Å². The number of thioether (sulfide) groups is 1. The molecule has 0 aliphatic heterocycles. The molecule has 0 bridgehead atoms. The monoisotopic (exact) mass is 331 g/mol. The second-order valence-corrected chi connectivity index (χ2v) is 8.49. The van der Waals surface area contributed by atoms with E-state index in [1.54, 1.807) is 11.8 Å². The molecule has 1 fully saturated rings. The zero-order chi connectivity index (χ0) is 16.5. The molecule has 5 heteroatoms. The summed E-state index contributed by atoms with van der Waals surface area (Å²) in [6.07, 6.45) is 4.20. The molecule has 0 atom stereocenters. The van der Waals surface area contributed by atoms with Gasteiger partial charge in [-0.15, -0.1) is 11.8 Å². The van der Waals surface area contributed by atoms with Crippen molar-refractivity contribution in [3.05, 3.63) is 41.5 Å². The Hall–Kier alpha value is -1.33. The van der Waals surface area contributed by atoms with Crippen LogP contribution >= 0.6 is 11.8 Å². The van der Waals surface area contributed by atoms with E-state index in [1.165, 1.54) is 10.5 Å². The first-order valence-corrected chi connectivity index (χ1v) is 9.21. The predicted molar refractivity (Wildman–Crippen MR) is 93.3 cm³/mol. The van der Waals surface area contributed by atoms with Gasteiger partial charge in [-0.1, -0.05) is 50.9 Å². The summed E-state index contributed by atoms with van der Waals surface area (Å²) in [4.78, 5) is 5.72. The third kappa shape index (κ3) is 3.78. The van der Waals surface area contributed by atoms with Crippen LogP contribution in [0.15, 0.2) is 33.7 Å². The minimum atomic E-state index is -0.374. The number of hydrogen-bond acceptors (Lipinski definition) is 5. The minimum absolute atomic E-state index is 0.182. The van der Waals surface area contributed by atoms with Gasteiger partial charge in [0.25, 0.3) is 0 Å². The first-order chi connectivity index (χ1) is 10.9. The number of aromatic nitrogens is 2. The summed E-state index contributed by atoms with van der Waals surface area (Å²) in [5.41, 5.74) is 7.52. The van der Waals surface area contributed by atoms with Crippen LogP contribution in [-0.2, 0) is 16.7 Å². The van der Waals surface area contributed by atoms with Crippen LogP contribution in [0.5, 0.6) is 0 Å². The fourth-order valence-corrected chi connectivity index (χ4v) is 3.68. The molecule has 2 aromatic rings. The highest BCUT2D eigenvalue weighted by Gasteiger charge is 2.35. The molecule has 0 amide bonds. The highest BCUT2D eigenvalue weighted by Crippen LogP contribution is 2.35. The molecule has 0 unspecified atom stereocenters. The molecule has 2 N–H and O–H groups in total. The summed E-state index contributed by atoms with van der Waals surface area (Å²) < 4.78 is 5.38. The number of rotatable bonds is 4. The lowest BCUT2D eigenvalue weighted by atomic mass is 9.87. The van der Waals surface area contributed by atoms with E-state index in [1.807, 2.05) is 0 Å². The highest BCUT2D eigenvalue weighted by molar-refractivity contribution is 7.98. The molecule has 23 heavy (non-hydrogen) atoms. The number of nitrogens with two attached hydrogens (primary N) is 1. The normalized spacial score (nSPS) is 17.6. The average molecular weight is 331 g/mol. The van der Waals surface area contributed by atoms with E-state index in [9.17, 15) is 0 Å². The van der Waals surface area contributed by atoms with E-state index in [4.69, 9.17) is 10.3 Å². The fraction of sp³-hybridized carbons (Fsp3) is 0.556. The van der Waals surface area contributed by atoms with Gasteiger partial charge in [-0.3, -0.25) is 0 Å². The first-order valence-electron chi connectivity index (χ1n) is 8.22. The van der Waals surface area contributed by atoms with Crippen LogP contribution < -0.4 is 5.73 Å². The third-order valence-corrected chi connectivity index (χ3v) is 5.49. The maximum atomic E-state index is 6.37. The summed E-state index contributed by atoms with van der Waals surface area (Å²) >= 11 is 1.71. The van der Waals surface area contributed by atoms with Crippen LogP contribution in [0, 0.1) is 0 Å². The van der Waals surface area contributed by atoms with Crippen molar-refractivity contribution in [2.45, 2.75) is 68.1 Å².